The average Bonchev–Trinajstić information content (AvgIpc) is 2.01. The van der Waals surface area contributed by atoms with Gasteiger partial charge in [0.05, 0.1) is 0 Å². The van der Waals surface area contributed by atoms with Crippen molar-refractivity contribution in [3.63, 3.8) is 0 Å². The van der Waals surface area contributed by atoms with E-state index in [2.05, 4.69) is 4.99 Å². The highest BCUT2D eigenvalue weighted by Crippen LogP contribution is 2.10. The van der Waals surface area contributed by atoms with Crippen LogP contribution in [-0.4, -0.2) is 28.5 Å². The summed E-state index contributed by atoms with van der Waals surface area (Å²) in [5.74, 6) is 4.65. The van der Waals surface area contributed by atoms with E-state index in [-0.39, 0.29) is 11.4 Å². The van der Waals surface area contributed by atoms with Crippen LogP contribution >= 0.6 is 0 Å². The lowest BCUT2D eigenvalue weighted by Crippen LogP contribution is -2.49. The van der Waals surface area contributed by atoms with Crippen LogP contribution in [0.15, 0.2) is 16.4 Å². The maximum absolute atomic E-state index is 10.3. The number of hydrogen-bond acceptors (Lipinski definition) is 7. The fourth-order valence-corrected chi connectivity index (χ4v) is 0.766. The number of rotatable bonds is 1. The number of nitrogens with zero attached hydrogens (tertiary/aromatic N) is 2. The highest BCUT2D eigenvalue weighted by Gasteiger charge is 2.24. The minimum absolute atomic E-state index is 0.114. The van der Waals surface area contributed by atoms with Crippen molar-refractivity contribution in [1.29, 1.82) is 0 Å². The Morgan fingerprint density at radius 3 is 2.75 bits per heavy atom. The van der Waals surface area contributed by atoms with E-state index in [9.17, 15) is 9.90 Å². The summed E-state index contributed by atoms with van der Waals surface area (Å²) < 4.78 is 0. The largest absolute Gasteiger partial charge is 0.493 e. The minimum atomic E-state index is -0.950. The van der Waals surface area contributed by atoms with E-state index < -0.39 is 12.2 Å². The van der Waals surface area contributed by atoms with Crippen LogP contribution in [0.3, 0.4) is 0 Å². The Hall–Kier alpha value is -1.60. The smallest absolute Gasteiger partial charge is 0.219 e. The SMILES string of the molecule is NC1=NC(N)N(N)C(O)=C1C=O. The second-order valence-corrected chi connectivity index (χ2v) is 2.19. The quantitative estimate of drug-likeness (QED) is 0.260. The van der Waals surface area contributed by atoms with Crippen molar-refractivity contribution in [3.8, 4) is 0 Å². The molecule has 1 aliphatic heterocycles. The van der Waals surface area contributed by atoms with Crippen molar-refractivity contribution < 1.29 is 9.90 Å². The van der Waals surface area contributed by atoms with Crippen molar-refractivity contribution in [3.05, 3.63) is 11.5 Å². The molecule has 7 N–H and O–H groups in total. The van der Waals surface area contributed by atoms with Gasteiger partial charge in [0, 0.05) is 0 Å². The lowest BCUT2D eigenvalue weighted by Gasteiger charge is -2.26. The van der Waals surface area contributed by atoms with Gasteiger partial charge in [0.15, 0.2) is 12.6 Å². The normalized spacial score (nSPS) is 24.0. The molecule has 0 bridgehead atoms. The molecule has 12 heavy (non-hydrogen) atoms. The summed E-state index contributed by atoms with van der Waals surface area (Å²) in [6.45, 7) is 0. The first kappa shape index (κ1) is 8.50. The van der Waals surface area contributed by atoms with Gasteiger partial charge in [0.25, 0.3) is 0 Å². The third-order valence-electron chi connectivity index (χ3n) is 1.44. The predicted octanol–water partition coefficient (Wildman–Crippen LogP) is -2.26. The monoisotopic (exact) mass is 171 g/mol. The number of hydrogen-bond donors (Lipinski definition) is 4. The van der Waals surface area contributed by atoms with Crippen LogP contribution in [0.4, 0.5) is 0 Å². The Morgan fingerprint density at radius 1 is 1.67 bits per heavy atom. The van der Waals surface area contributed by atoms with E-state index in [1.54, 1.807) is 0 Å². The first-order valence-corrected chi connectivity index (χ1v) is 3.09. The number of aldehydes is 1. The van der Waals surface area contributed by atoms with E-state index >= 15 is 0 Å². The number of hydrazine groups is 1. The number of aliphatic hydroxyl groups is 1. The second kappa shape index (κ2) is 2.80. The Morgan fingerprint density at radius 2 is 2.25 bits per heavy atom. The van der Waals surface area contributed by atoms with Crippen molar-refractivity contribution in [1.82, 2.24) is 5.01 Å². The number of carbonyl (C=O) groups excluding carboxylic acids is 1. The molecule has 0 saturated heterocycles. The molecule has 0 saturated carbocycles. The van der Waals surface area contributed by atoms with Crippen molar-refractivity contribution in [2.24, 2.45) is 22.3 Å². The molecule has 0 spiro atoms. The Bertz CT molecular complexity index is 271. The van der Waals surface area contributed by atoms with Crippen LogP contribution in [0.2, 0.25) is 0 Å². The van der Waals surface area contributed by atoms with Crippen molar-refractivity contribution >= 4 is 12.1 Å². The number of aliphatic hydroxyl groups excluding tert-OH is 1. The van der Waals surface area contributed by atoms with Crippen LogP contribution in [-0.2, 0) is 4.79 Å². The van der Waals surface area contributed by atoms with Gasteiger partial charge in [-0.1, -0.05) is 0 Å². The number of aliphatic imine (C=N–C) groups is 1. The first-order valence-electron chi connectivity index (χ1n) is 3.09. The highest BCUT2D eigenvalue weighted by molar-refractivity contribution is 6.13. The molecule has 0 amide bonds. The van der Waals surface area contributed by atoms with E-state index in [4.69, 9.17) is 17.3 Å². The van der Waals surface area contributed by atoms with Crippen molar-refractivity contribution in [2.75, 3.05) is 0 Å². The third-order valence-corrected chi connectivity index (χ3v) is 1.44. The Balaban J connectivity index is 3.11. The zero-order chi connectivity index (χ0) is 9.30. The Kier molecular flexibility index (Phi) is 1.98. The molecular weight excluding hydrogens is 162 g/mol. The summed E-state index contributed by atoms with van der Waals surface area (Å²) in [6, 6.07) is 0. The van der Waals surface area contributed by atoms with Gasteiger partial charge in [-0.25, -0.2) is 15.8 Å². The molecule has 7 nitrogen and oxygen atoms in total. The maximum Gasteiger partial charge on any atom is 0.219 e. The molecule has 0 aliphatic carbocycles. The average molecular weight is 171 g/mol. The number of amidine groups is 1. The standard InChI is InChI=1S/C5H9N5O2/c6-3-2(1-11)4(12)10(8)5(7)9-3/h1,5,12H,7-8H2,(H2,6,9). The predicted molar refractivity (Wildman–Crippen MR) is 41.3 cm³/mol. The zero-order valence-corrected chi connectivity index (χ0v) is 6.14. The van der Waals surface area contributed by atoms with E-state index in [0.29, 0.717) is 6.29 Å². The lowest BCUT2D eigenvalue weighted by atomic mass is 10.2. The fraction of sp³-hybridized carbons (Fsp3) is 0.200. The number of nitrogens with two attached hydrogens (primary N) is 3. The molecule has 1 heterocycles. The second-order valence-electron chi connectivity index (χ2n) is 2.19. The van der Waals surface area contributed by atoms with Gasteiger partial charge >= 0.3 is 0 Å². The van der Waals surface area contributed by atoms with Gasteiger partial charge in [-0.05, 0) is 0 Å². The van der Waals surface area contributed by atoms with Crippen LogP contribution in [0, 0.1) is 0 Å². The summed E-state index contributed by atoms with van der Waals surface area (Å²) in [7, 11) is 0. The molecule has 0 fully saturated rings. The van der Waals surface area contributed by atoms with E-state index in [1.165, 1.54) is 0 Å². The molecule has 1 unspecified atom stereocenters. The van der Waals surface area contributed by atoms with Gasteiger partial charge in [-0.2, -0.15) is 0 Å². The molecule has 0 aromatic rings. The summed E-state index contributed by atoms with van der Waals surface area (Å²) in [6.07, 6.45) is -0.589. The number of carbonyl (C=O) groups is 1. The van der Waals surface area contributed by atoms with Gasteiger partial charge < -0.3 is 10.8 Å². The van der Waals surface area contributed by atoms with E-state index in [0.717, 1.165) is 5.01 Å². The molecule has 1 aliphatic rings. The molecule has 0 radical (unpaired) electrons. The van der Waals surface area contributed by atoms with Crippen LogP contribution < -0.4 is 17.3 Å². The molecule has 66 valence electrons. The molecule has 0 aromatic carbocycles. The van der Waals surface area contributed by atoms with Crippen LogP contribution in [0.25, 0.3) is 0 Å². The summed E-state index contributed by atoms with van der Waals surface area (Å²) in [4.78, 5) is 13.9. The van der Waals surface area contributed by atoms with Crippen molar-refractivity contribution in [2.45, 2.75) is 6.29 Å². The topological polar surface area (TPSA) is 131 Å². The summed E-state index contributed by atoms with van der Waals surface area (Å²) >= 11 is 0. The molecular formula is C5H9N5O2. The molecule has 0 aromatic heterocycles. The van der Waals surface area contributed by atoms with Gasteiger partial charge in [-0.15, -0.1) is 0 Å². The van der Waals surface area contributed by atoms with Crippen LogP contribution in [0.5, 0.6) is 0 Å². The van der Waals surface area contributed by atoms with E-state index in [1.807, 2.05) is 0 Å². The Labute approximate surface area is 68.1 Å². The maximum atomic E-state index is 10.3. The molecule has 1 rings (SSSR count). The lowest BCUT2D eigenvalue weighted by molar-refractivity contribution is -0.104. The minimum Gasteiger partial charge on any atom is -0.493 e. The van der Waals surface area contributed by atoms with Gasteiger partial charge in [-0.3, -0.25) is 10.5 Å². The van der Waals surface area contributed by atoms with Crippen LogP contribution in [0.1, 0.15) is 0 Å². The first-order chi connectivity index (χ1) is 5.57. The van der Waals surface area contributed by atoms with Gasteiger partial charge in [0.2, 0.25) is 5.88 Å². The summed E-state index contributed by atoms with van der Waals surface area (Å²) in [5.41, 5.74) is 10.4. The molecule has 1 atom stereocenters. The summed E-state index contributed by atoms with van der Waals surface area (Å²) in [5, 5.41) is 9.94. The zero-order valence-electron chi connectivity index (χ0n) is 6.14. The fourth-order valence-electron chi connectivity index (χ4n) is 0.766. The third kappa shape index (κ3) is 1.11. The van der Waals surface area contributed by atoms with Gasteiger partial charge in [0.1, 0.15) is 11.4 Å². The molecule has 7 heteroatoms. The highest BCUT2D eigenvalue weighted by atomic mass is 16.3.